The van der Waals surface area contributed by atoms with Gasteiger partial charge in [-0.1, -0.05) is 6.07 Å². The van der Waals surface area contributed by atoms with E-state index in [1.54, 1.807) is 6.20 Å². The molecule has 2 aromatic rings. The number of pyridine rings is 1. The molecule has 5 heteroatoms. The monoisotopic (exact) mass is 324 g/mol. The van der Waals surface area contributed by atoms with Crippen molar-refractivity contribution in [1.29, 1.82) is 0 Å². The molecule has 0 aliphatic carbocycles. The molecule has 2 heterocycles. The van der Waals surface area contributed by atoms with Gasteiger partial charge in [-0.3, -0.25) is 9.78 Å². The lowest BCUT2D eigenvalue weighted by atomic mass is 10.2. The van der Waals surface area contributed by atoms with Gasteiger partial charge >= 0.3 is 0 Å². The summed E-state index contributed by atoms with van der Waals surface area (Å²) in [6.07, 6.45) is 4.75. The summed E-state index contributed by atoms with van der Waals surface area (Å²) >= 11 is 0. The molecular formula is C19H24N4O. The van der Waals surface area contributed by atoms with Crippen LogP contribution in [0.5, 0.6) is 0 Å². The fourth-order valence-corrected chi connectivity index (χ4v) is 2.87. The van der Waals surface area contributed by atoms with Crippen molar-refractivity contribution < 1.29 is 4.79 Å². The van der Waals surface area contributed by atoms with E-state index < -0.39 is 0 Å². The van der Waals surface area contributed by atoms with Gasteiger partial charge in [0.2, 0.25) is 5.91 Å². The Morgan fingerprint density at radius 1 is 1.08 bits per heavy atom. The lowest BCUT2D eigenvalue weighted by Gasteiger charge is -2.18. The first-order chi connectivity index (χ1) is 11.8. The third kappa shape index (κ3) is 4.72. The molecule has 1 aliphatic heterocycles. The normalized spacial score (nSPS) is 13.8. The first kappa shape index (κ1) is 16.3. The number of amides is 1. The third-order valence-electron chi connectivity index (χ3n) is 4.21. The highest BCUT2D eigenvalue weighted by atomic mass is 16.1. The van der Waals surface area contributed by atoms with Gasteiger partial charge in [-0.05, 0) is 49.2 Å². The molecule has 1 aliphatic rings. The predicted octanol–water partition coefficient (Wildman–Crippen LogP) is 2.80. The SMILES string of the molecule is O=C(CCNc1ccc(N2CCCC2)cc1)NCc1ccccn1. The number of nitrogens with one attached hydrogen (secondary N) is 2. The van der Waals surface area contributed by atoms with Crippen LogP contribution in [0.2, 0.25) is 0 Å². The molecule has 1 aromatic heterocycles. The fraction of sp³-hybridized carbons (Fsp3) is 0.368. The van der Waals surface area contributed by atoms with Crippen molar-refractivity contribution in [2.24, 2.45) is 0 Å². The molecule has 2 N–H and O–H groups in total. The minimum absolute atomic E-state index is 0.0295. The zero-order valence-electron chi connectivity index (χ0n) is 13.9. The lowest BCUT2D eigenvalue weighted by molar-refractivity contribution is -0.121. The van der Waals surface area contributed by atoms with E-state index in [2.05, 4.69) is 44.8 Å². The van der Waals surface area contributed by atoms with Crippen molar-refractivity contribution in [2.75, 3.05) is 29.9 Å². The van der Waals surface area contributed by atoms with Crippen molar-refractivity contribution in [2.45, 2.75) is 25.8 Å². The van der Waals surface area contributed by atoms with Gasteiger partial charge in [-0.2, -0.15) is 0 Å². The smallest absolute Gasteiger partial charge is 0.222 e. The first-order valence-corrected chi connectivity index (χ1v) is 8.57. The van der Waals surface area contributed by atoms with E-state index in [9.17, 15) is 4.79 Å². The predicted molar refractivity (Wildman–Crippen MR) is 97.1 cm³/mol. The molecule has 0 unspecified atom stereocenters. The number of carbonyl (C=O) groups is 1. The number of hydrogen-bond donors (Lipinski definition) is 2. The van der Waals surface area contributed by atoms with E-state index in [0.29, 0.717) is 19.5 Å². The zero-order valence-corrected chi connectivity index (χ0v) is 13.9. The Morgan fingerprint density at radius 3 is 2.58 bits per heavy atom. The van der Waals surface area contributed by atoms with Crippen molar-refractivity contribution in [3.63, 3.8) is 0 Å². The van der Waals surface area contributed by atoms with Crippen LogP contribution in [0.25, 0.3) is 0 Å². The highest BCUT2D eigenvalue weighted by Crippen LogP contribution is 2.21. The molecule has 24 heavy (non-hydrogen) atoms. The van der Waals surface area contributed by atoms with Gasteiger partial charge in [0, 0.05) is 43.6 Å². The zero-order chi connectivity index (χ0) is 16.6. The van der Waals surface area contributed by atoms with Gasteiger partial charge in [-0.25, -0.2) is 0 Å². The van der Waals surface area contributed by atoms with Crippen LogP contribution in [0.1, 0.15) is 25.0 Å². The van der Waals surface area contributed by atoms with Crippen LogP contribution in [0.4, 0.5) is 11.4 Å². The van der Waals surface area contributed by atoms with E-state index in [-0.39, 0.29) is 5.91 Å². The van der Waals surface area contributed by atoms with E-state index in [1.165, 1.54) is 18.5 Å². The Bertz CT molecular complexity index is 636. The summed E-state index contributed by atoms with van der Waals surface area (Å²) in [5.74, 6) is 0.0295. The Balaban J connectivity index is 1.37. The largest absolute Gasteiger partial charge is 0.385 e. The Morgan fingerprint density at radius 2 is 1.88 bits per heavy atom. The first-order valence-electron chi connectivity index (χ1n) is 8.57. The molecule has 0 atom stereocenters. The molecule has 1 saturated heterocycles. The van der Waals surface area contributed by atoms with Crippen LogP contribution in [-0.4, -0.2) is 30.5 Å². The quantitative estimate of drug-likeness (QED) is 0.822. The topological polar surface area (TPSA) is 57.3 Å². The average Bonchev–Trinajstić information content (AvgIpc) is 3.16. The second kappa shape index (κ2) is 8.34. The molecular weight excluding hydrogens is 300 g/mol. The van der Waals surface area contributed by atoms with E-state index in [0.717, 1.165) is 24.5 Å². The van der Waals surface area contributed by atoms with Crippen LogP contribution in [0, 0.1) is 0 Å². The summed E-state index contributed by atoms with van der Waals surface area (Å²) in [5.41, 5.74) is 3.21. The van der Waals surface area contributed by atoms with E-state index >= 15 is 0 Å². The van der Waals surface area contributed by atoms with Crippen LogP contribution in [0.3, 0.4) is 0 Å². The maximum Gasteiger partial charge on any atom is 0.222 e. The molecule has 1 amide bonds. The number of carbonyl (C=O) groups excluding carboxylic acids is 1. The van der Waals surface area contributed by atoms with E-state index in [1.807, 2.05) is 18.2 Å². The molecule has 0 radical (unpaired) electrons. The van der Waals surface area contributed by atoms with Crippen molar-refractivity contribution in [1.82, 2.24) is 10.3 Å². The third-order valence-corrected chi connectivity index (χ3v) is 4.21. The minimum atomic E-state index is 0.0295. The number of benzene rings is 1. The van der Waals surface area contributed by atoms with Crippen molar-refractivity contribution in [3.05, 3.63) is 54.4 Å². The van der Waals surface area contributed by atoms with E-state index in [4.69, 9.17) is 0 Å². The lowest BCUT2D eigenvalue weighted by Crippen LogP contribution is -2.25. The van der Waals surface area contributed by atoms with Gasteiger partial charge in [-0.15, -0.1) is 0 Å². The summed E-state index contributed by atoms with van der Waals surface area (Å²) < 4.78 is 0. The average molecular weight is 324 g/mol. The van der Waals surface area contributed by atoms with Gasteiger partial charge in [0.05, 0.1) is 12.2 Å². The highest BCUT2D eigenvalue weighted by Gasteiger charge is 2.11. The van der Waals surface area contributed by atoms with Gasteiger partial charge < -0.3 is 15.5 Å². The van der Waals surface area contributed by atoms with Crippen molar-refractivity contribution >= 4 is 17.3 Å². The Hall–Kier alpha value is -2.56. The second-order valence-corrected chi connectivity index (χ2v) is 6.02. The Labute approximate surface area is 143 Å². The molecule has 0 saturated carbocycles. The van der Waals surface area contributed by atoms with Gasteiger partial charge in [0.25, 0.3) is 0 Å². The number of nitrogens with zero attached hydrogens (tertiary/aromatic N) is 2. The molecule has 0 spiro atoms. The van der Waals surface area contributed by atoms with Gasteiger partial charge in [0.1, 0.15) is 0 Å². The number of aromatic nitrogens is 1. The summed E-state index contributed by atoms with van der Waals surface area (Å²) in [6, 6.07) is 14.1. The van der Waals surface area contributed by atoms with Crippen molar-refractivity contribution in [3.8, 4) is 0 Å². The number of hydrogen-bond acceptors (Lipinski definition) is 4. The summed E-state index contributed by atoms with van der Waals surface area (Å²) in [6.45, 7) is 3.41. The molecule has 3 rings (SSSR count). The standard InChI is InChI=1S/C19H24N4O/c24-19(22-15-17-5-1-2-11-20-17)10-12-21-16-6-8-18(9-7-16)23-13-3-4-14-23/h1-2,5-9,11,21H,3-4,10,12-15H2,(H,22,24). The molecule has 0 bridgehead atoms. The Kier molecular flexibility index (Phi) is 5.66. The summed E-state index contributed by atoms with van der Waals surface area (Å²) in [4.78, 5) is 18.4. The fourth-order valence-electron chi connectivity index (χ4n) is 2.87. The van der Waals surface area contributed by atoms with Crippen LogP contribution < -0.4 is 15.5 Å². The molecule has 1 aromatic carbocycles. The molecule has 5 nitrogen and oxygen atoms in total. The number of anilines is 2. The maximum atomic E-state index is 11.8. The van der Waals surface area contributed by atoms with Crippen LogP contribution in [-0.2, 0) is 11.3 Å². The van der Waals surface area contributed by atoms with Crippen LogP contribution in [0.15, 0.2) is 48.7 Å². The maximum absolute atomic E-state index is 11.8. The minimum Gasteiger partial charge on any atom is -0.385 e. The van der Waals surface area contributed by atoms with Gasteiger partial charge in [0.15, 0.2) is 0 Å². The summed E-state index contributed by atoms with van der Waals surface area (Å²) in [7, 11) is 0. The molecule has 1 fully saturated rings. The summed E-state index contributed by atoms with van der Waals surface area (Å²) in [5, 5.41) is 6.18. The highest BCUT2D eigenvalue weighted by molar-refractivity contribution is 5.76. The number of rotatable bonds is 7. The molecule has 126 valence electrons. The second-order valence-electron chi connectivity index (χ2n) is 6.02. The van der Waals surface area contributed by atoms with Crippen LogP contribution >= 0.6 is 0 Å².